The molecule has 0 bridgehead atoms. The van der Waals surface area contributed by atoms with Gasteiger partial charge in [0.25, 0.3) is 0 Å². The maximum absolute atomic E-state index is 12.3. The first-order valence-corrected chi connectivity index (χ1v) is 13.3. The molecule has 4 nitrogen and oxygen atoms in total. The zero-order valence-electron chi connectivity index (χ0n) is 18.7. The second kappa shape index (κ2) is 17.0. The second-order valence-corrected chi connectivity index (χ2v) is 11.1. The van der Waals surface area contributed by atoms with Crippen LogP contribution in [0.1, 0.15) is 84.0 Å². The van der Waals surface area contributed by atoms with E-state index in [2.05, 4.69) is 22.9 Å². The van der Waals surface area contributed by atoms with Gasteiger partial charge in [0.15, 0.2) is 5.11 Å². The summed E-state index contributed by atoms with van der Waals surface area (Å²) in [5.41, 5.74) is 0.613. The molecule has 0 unspecified atom stereocenters. The van der Waals surface area contributed by atoms with Crippen molar-refractivity contribution in [2.45, 2.75) is 93.9 Å². The van der Waals surface area contributed by atoms with Crippen molar-refractivity contribution in [1.82, 2.24) is 10.6 Å². The first kappa shape index (κ1) is 29.6. The molecule has 1 rings (SSSR count). The van der Waals surface area contributed by atoms with Gasteiger partial charge in [-0.3, -0.25) is 4.79 Å². The van der Waals surface area contributed by atoms with Gasteiger partial charge in [-0.15, -0.1) is 0 Å². The Labute approximate surface area is 218 Å². The van der Waals surface area contributed by atoms with Crippen molar-refractivity contribution in [2.75, 3.05) is 5.32 Å². The van der Waals surface area contributed by atoms with E-state index in [0.717, 1.165) is 19.3 Å². The van der Waals surface area contributed by atoms with Gasteiger partial charge < -0.3 is 16.0 Å². The molecule has 0 aliphatic heterocycles. The average Bonchev–Trinajstić information content (AvgIpc) is 2.72. The van der Waals surface area contributed by atoms with Crippen LogP contribution in [0.4, 0.5) is 5.69 Å². The van der Waals surface area contributed by atoms with Crippen LogP contribution in [0.5, 0.6) is 0 Å². The van der Waals surface area contributed by atoms with Crippen molar-refractivity contribution in [2.24, 2.45) is 0 Å². The number of anilines is 1. The maximum atomic E-state index is 12.3. The van der Waals surface area contributed by atoms with Crippen LogP contribution in [-0.4, -0.2) is 21.0 Å². The van der Waals surface area contributed by atoms with Gasteiger partial charge in [-0.1, -0.05) is 130 Å². The molecule has 0 saturated carbocycles. The molecule has 0 aliphatic carbocycles. The average molecular weight is 543 g/mol. The van der Waals surface area contributed by atoms with Gasteiger partial charge in [0.05, 0.1) is 10.7 Å². The number of carbonyl (C=O) groups is 1. The van der Waals surface area contributed by atoms with E-state index in [1.54, 1.807) is 12.1 Å². The lowest BCUT2D eigenvalue weighted by molar-refractivity contribution is -0.122. The van der Waals surface area contributed by atoms with E-state index in [9.17, 15) is 4.79 Å². The molecule has 0 spiro atoms. The maximum Gasteiger partial charge on any atom is 0.228 e. The van der Waals surface area contributed by atoms with Gasteiger partial charge in [0.1, 0.15) is 6.17 Å². The Bertz CT molecular complexity index is 685. The number of halogens is 4. The molecule has 9 heteroatoms. The fourth-order valence-electron chi connectivity index (χ4n) is 3.23. The van der Waals surface area contributed by atoms with Crippen molar-refractivity contribution in [3.63, 3.8) is 0 Å². The van der Waals surface area contributed by atoms with E-state index in [-0.39, 0.29) is 11.0 Å². The molecule has 1 atom stereocenters. The molecule has 1 aromatic rings. The lowest BCUT2D eigenvalue weighted by atomic mass is 10.1. The Morgan fingerprint density at radius 2 is 1.44 bits per heavy atom. The van der Waals surface area contributed by atoms with Gasteiger partial charge >= 0.3 is 0 Å². The van der Waals surface area contributed by atoms with Crippen LogP contribution < -0.4 is 16.0 Å². The van der Waals surface area contributed by atoms with E-state index in [1.165, 1.54) is 51.4 Å². The molecule has 1 amide bonds. The van der Waals surface area contributed by atoms with Crippen LogP contribution in [0.3, 0.4) is 0 Å². The minimum absolute atomic E-state index is 0.185. The zero-order chi connectivity index (χ0) is 23.8. The van der Waals surface area contributed by atoms with Gasteiger partial charge in [-0.05, 0) is 30.8 Å². The molecule has 0 aromatic heterocycles. The number of para-hydroxylation sites is 1. The number of thiocarbonyl (C=S) groups is 1. The second-order valence-electron chi connectivity index (χ2n) is 7.91. The summed E-state index contributed by atoms with van der Waals surface area (Å²) >= 11 is 29.5. The Hall–Kier alpha value is -0.460. The van der Waals surface area contributed by atoms with Crippen LogP contribution in [0.25, 0.3) is 0 Å². The molecule has 0 saturated heterocycles. The quantitative estimate of drug-likeness (QED) is 0.0905. The molecule has 1 aromatic carbocycles. The van der Waals surface area contributed by atoms with Gasteiger partial charge in [-0.25, -0.2) is 0 Å². The summed E-state index contributed by atoms with van der Waals surface area (Å²) in [5, 5.41) is 9.18. The zero-order valence-corrected chi connectivity index (χ0v) is 22.5. The highest BCUT2D eigenvalue weighted by Crippen LogP contribution is 2.29. The molecular formula is C23H35Cl4N3OS. The fourth-order valence-corrected chi connectivity index (χ4v) is 3.97. The molecule has 0 radical (unpaired) electrons. The molecule has 0 heterocycles. The lowest BCUT2D eigenvalue weighted by Crippen LogP contribution is -2.56. The summed E-state index contributed by atoms with van der Waals surface area (Å²) in [7, 11) is 0. The predicted molar refractivity (Wildman–Crippen MR) is 144 cm³/mol. The third-order valence-corrected chi connectivity index (χ3v) is 6.24. The number of alkyl halides is 3. The summed E-state index contributed by atoms with van der Waals surface area (Å²) < 4.78 is -1.78. The van der Waals surface area contributed by atoms with Crippen molar-refractivity contribution in [3.05, 3.63) is 29.3 Å². The van der Waals surface area contributed by atoms with Crippen LogP contribution in [0, 0.1) is 0 Å². The molecule has 182 valence electrons. The van der Waals surface area contributed by atoms with Gasteiger partial charge in [0.2, 0.25) is 9.70 Å². The Kier molecular flexibility index (Phi) is 15.8. The number of amides is 1. The number of benzene rings is 1. The van der Waals surface area contributed by atoms with Crippen molar-refractivity contribution >= 4 is 75.3 Å². The van der Waals surface area contributed by atoms with Crippen LogP contribution in [0.2, 0.25) is 5.02 Å². The SMILES string of the molecule is CCCCCCCCCCCCCC(=O)N[C@H](NC(=S)Nc1ccccc1Cl)C(Cl)(Cl)Cl. The summed E-state index contributed by atoms with van der Waals surface area (Å²) in [6.07, 6.45) is 12.8. The van der Waals surface area contributed by atoms with Crippen LogP contribution in [-0.2, 0) is 4.79 Å². The van der Waals surface area contributed by atoms with Gasteiger partial charge in [-0.2, -0.15) is 0 Å². The van der Waals surface area contributed by atoms with E-state index in [4.69, 9.17) is 58.6 Å². The Morgan fingerprint density at radius 3 is 1.97 bits per heavy atom. The highest BCUT2D eigenvalue weighted by atomic mass is 35.6. The topological polar surface area (TPSA) is 53.2 Å². The number of nitrogens with one attached hydrogen (secondary N) is 3. The Balaban J connectivity index is 2.27. The summed E-state index contributed by atoms with van der Waals surface area (Å²) in [6, 6.07) is 7.13. The number of hydrogen-bond acceptors (Lipinski definition) is 2. The Morgan fingerprint density at radius 1 is 0.906 bits per heavy atom. The summed E-state index contributed by atoms with van der Waals surface area (Å²) in [4.78, 5) is 12.3. The lowest BCUT2D eigenvalue weighted by Gasteiger charge is -2.28. The molecule has 32 heavy (non-hydrogen) atoms. The highest BCUT2D eigenvalue weighted by molar-refractivity contribution is 7.80. The third kappa shape index (κ3) is 13.9. The third-order valence-electron chi connectivity index (χ3n) is 5.04. The normalized spacial score (nSPS) is 12.3. The fraction of sp³-hybridized carbons (Fsp3) is 0.652. The minimum atomic E-state index is -1.78. The molecule has 0 fully saturated rings. The molecular weight excluding hydrogens is 508 g/mol. The first-order chi connectivity index (χ1) is 15.2. The van der Waals surface area contributed by atoms with E-state index >= 15 is 0 Å². The summed E-state index contributed by atoms with van der Waals surface area (Å²) in [5.74, 6) is -0.190. The van der Waals surface area contributed by atoms with Crippen LogP contribution in [0.15, 0.2) is 24.3 Å². The molecule has 0 aliphatic rings. The smallest absolute Gasteiger partial charge is 0.228 e. The van der Waals surface area contributed by atoms with Crippen molar-refractivity contribution in [3.8, 4) is 0 Å². The molecule has 3 N–H and O–H groups in total. The van der Waals surface area contributed by atoms with Crippen molar-refractivity contribution in [1.29, 1.82) is 0 Å². The number of hydrogen-bond donors (Lipinski definition) is 3. The van der Waals surface area contributed by atoms with E-state index in [0.29, 0.717) is 17.1 Å². The standard InChI is InChI=1S/C23H35Cl4N3OS/c1-2-3-4-5-6-7-8-9-10-11-12-17-20(31)29-21(23(25,26)27)30-22(32)28-19-16-14-13-15-18(19)24/h13-16,21H,2-12,17H2,1H3,(H,29,31)(H2,28,30,32)/t21-/m1/s1. The monoisotopic (exact) mass is 541 g/mol. The summed E-state index contributed by atoms with van der Waals surface area (Å²) in [6.45, 7) is 2.24. The number of unbranched alkanes of at least 4 members (excludes halogenated alkanes) is 10. The van der Waals surface area contributed by atoms with Crippen LogP contribution >= 0.6 is 58.6 Å². The highest BCUT2D eigenvalue weighted by Gasteiger charge is 2.34. The van der Waals surface area contributed by atoms with Gasteiger partial charge in [0, 0.05) is 6.42 Å². The predicted octanol–water partition coefficient (Wildman–Crippen LogP) is 8.14. The van der Waals surface area contributed by atoms with Crippen molar-refractivity contribution < 1.29 is 4.79 Å². The van der Waals surface area contributed by atoms with E-state index < -0.39 is 9.96 Å². The largest absolute Gasteiger partial charge is 0.339 e. The minimum Gasteiger partial charge on any atom is -0.339 e. The van der Waals surface area contributed by atoms with E-state index in [1.807, 2.05) is 12.1 Å². The number of rotatable bonds is 15. The first-order valence-electron chi connectivity index (χ1n) is 11.4. The number of carbonyl (C=O) groups excluding carboxylic acids is 1.